The number of halogens is 1. The molecular weight excluding hydrogens is 282 g/mol. The fourth-order valence-electron chi connectivity index (χ4n) is 1.64. The lowest BCUT2D eigenvalue weighted by Crippen LogP contribution is -2.25. The molecule has 1 fully saturated rings. The molecule has 1 aliphatic rings. The molecule has 0 aromatic heterocycles. The largest absolute Gasteiger partial charge is 0.383 e. The van der Waals surface area contributed by atoms with Crippen LogP contribution in [0.1, 0.15) is 23.2 Å². The maximum absolute atomic E-state index is 11.2. The van der Waals surface area contributed by atoms with Crippen LogP contribution in [-0.2, 0) is 0 Å². The highest BCUT2D eigenvalue weighted by Crippen LogP contribution is 2.21. The number of rotatable bonds is 6. The average Bonchev–Trinajstić information content (AvgIpc) is 3.08. The molecule has 0 bridgehead atoms. The summed E-state index contributed by atoms with van der Waals surface area (Å²) in [6, 6.07) is 6.11. The number of nitrogens with two attached hydrogens (primary N) is 1. The molecule has 0 spiro atoms. The second-order valence-electron chi connectivity index (χ2n) is 4.21. The molecule has 1 amide bonds. The van der Waals surface area contributed by atoms with Crippen LogP contribution in [-0.4, -0.2) is 25.0 Å². The van der Waals surface area contributed by atoms with E-state index in [2.05, 4.69) is 26.6 Å². The van der Waals surface area contributed by atoms with E-state index in [0.29, 0.717) is 11.6 Å². The zero-order valence-corrected chi connectivity index (χ0v) is 11.1. The smallest absolute Gasteiger partial charge is 0.250 e. The van der Waals surface area contributed by atoms with E-state index in [0.717, 1.165) is 23.2 Å². The Kier molecular flexibility index (Phi) is 4.02. The van der Waals surface area contributed by atoms with Gasteiger partial charge in [-0.05, 0) is 31.0 Å². The summed E-state index contributed by atoms with van der Waals surface area (Å²) in [5.41, 5.74) is 6.63. The van der Waals surface area contributed by atoms with Crippen molar-refractivity contribution in [3.63, 3.8) is 0 Å². The van der Waals surface area contributed by atoms with E-state index in [9.17, 15) is 4.79 Å². The molecule has 1 aromatic rings. The summed E-state index contributed by atoms with van der Waals surface area (Å²) >= 11 is 3.38. The Morgan fingerprint density at radius 2 is 2.18 bits per heavy atom. The van der Waals surface area contributed by atoms with Crippen LogP contribution in [0.15, 0.2) is 22.7 Å². The molecule has 1 aromatic carbocycles. The molecule has 17 heavy (non-hydrogen) atoms. The van der Waals surface area contributed by atoms with Gasteiger partial charge in [0.25, 0.3) is 5.91 Å². The van der Waals surface area contributed by atoms with Crippen molar-refractivity contribution in [2.45, 2.75) is 18.9 Å². The first-order valence-electron chi connectivity index (χ1n) is 5.73. The van der Waals surface area contributed by atoms with E-state index in [-0.39, 0.29) is 0 Å². The molecule has 2 rings (SSSR count). The lowest BCUT2D eigenvalue weighted by Gasteiger charge is -2.11. The predicted molar refractivity (Wildman–Crippen MR) is 72.2 cm³/mol. The van der Waals surface area contributed by atoms with Crippen LogP contribution in [0.4, 0.5) is 5.69 Å². The minimum atomic E-state index is -0.407. The number of carbonyl (C=O) groups excluding carboxylic acids is 1. The number of hydrogen-bond donors (Lipinski definition) is 3. The molecule has 0 saturated heterocycles. The molecule has 4 nitrogen and oxygen atoms in total. The Labute approximate surface area is 109 Å². The van der Waals surface area contributed by atoms with Gasteiger partial charge in [-0.15, -0.1) is 0 Å². The summed E-state index contributed by atoms with van der Waals surface area (Å²) in [4.78, 5) is 11.2. The number of carbonyl (C=O) groups is 1. The lowest BCUT2D eigenvalue weighted by atomic mass is 10.1. The number of primary amides is 1. The zero-order valence-electron chi connectivity index (χ0n) is 9.50. The first-order chi connectivity index (χ1) is 8.16. The summed E-state index contributed by atoms with van der Waals surface area (Å²) in [5.74, 6) is -0.407. The highest BCUT2D eigenvalue weighted by Gasteiger charge is 2.19. The van der Waals surface area contributed by atoms with Gasteiger partial charge in [-0.25, -0.2) is 0 Å². The highest BCUT2D eigenvalue weighted by atomic mass is 79.9. The quantitative estimate of drug-likeness (QED) is 0.700. The molecule has 1 aliphatic carbocycles. The van der Waals surface area contributed by atoms with Crippen molar-refractivity contribution in [1.82, 2.24) is 5.32 Å². The molecule has 0 atom stereocenters. The molecule has 92 valence electrons. The van der Waals surface area contributed by atoms with Gasteiger partial charge in [0.05, 0.1) is 5.56 Å². The predicted octanol–water partition coefficient (Wildman–Crippen LogP) is 1.71. The van der Waals surface area contributed by atoms with E-state index < -0.39 is 5.91 Å². The number of benzene rings is 1. The second kappa shape index (κ2) is 5.51. The monoisotopic (exact) mass is 297 g/mol. The summed E-state index contributed by atoms with van der Waals surface area (Å²) in [5, 5.41) is 6.62. The second-order valence-corrected chi connectivity index (χ2v) is 5.13. The minimum Gasteiger partial charge on any atom is -0.383 e. The fourth-order valence-corrected chi connectivity index (χ4v) is 2.00. The molecule has 4 N–H and O–H groups in total. The van der Waals surface area contributed by atoms with Crippen molar-refractivity contribution < 1.29 is 4.79 Å². The Balaban J connectivity index is 1.92. The molecule has 0 unspecified atom stereocenters. The summed E-state index contributed by atoms with van der Waals surface area (Å²) < 4.78 is 0.931. The molecule has 1 saturated carbocycles. The van der Waals surface area contributed by atoms with Crippen LogP contribution >= 0.6 is 15.9 Å². The van der Waals surface area contributed by atoms with Crippen molar-refractivity contribution in [3.05, 3.63) is 28.2 Å². The Hall–Kier alpha value is -1.07. The van der Waals surface area contributed by atoms with Crippen LogP contribution in [0.5, 0.6) is 0 Å². The van der Waals surface area contributed by atoms with Crippen LogP contribution in [0.2, 0.25) is 0 Å². The Bertz CT molecular complexity index is 418. The first kappa shape index (κ1) is 12.4. The topological polar surface area (TPSA) is 67.2 Å². The number of amides is 1. The lowest BCUT2D eigenvalue weighted by molar-refractivity contribution is 0.100. The average molecular weight is 298 g/mol. The zero-order chi connectivity index (χ0) is 12.3. The van der Waals surface area contributed by atoms with E-state index >= 15 is 0 Å². The van der Waals surface area contributed by atoms with Gasteiger partial charge in [0.2, 0.25) is 0 Å². The van der Waals surface area contributed by atoms with Crippen LogP contribution in [0, 0.1) is 0 Å². The minimum absolute atomic E-state index is 0.407. The van der Waals surface area contributed by atoms with E-state index in [4.69, 9.17) is 5.73 Å². The van der Waals surface area contributed by atoms with Crippen molar-refractivity contribution in [2.24, 2.45) is 5.73 Å². The molecule has 0 radical (unpaired) electrons. The maximum atomic E-state index is 11.2. The van der Waals surface area contributed by atoms with E-state index in [1.165, 1.54) is 12.8 Å². The SMILES string of the molecule is NC(=O)c1ccc(Br)cc1NCCNC1CC1. The van der Waals surface area contributed by atoms with Crippen LogP contribution < -0.4 is 16.4 Å². The number of nitrogens with one attached hydrogen (secondary N) is 2. The molecule has 0 aliphatic heterocycles. The fraction of sp³-hybridized carbons (Fsp3) is 0.417. The summed E-state index contributed by atoms with van der Waals surface area (Å²) in [7, 11) is 0. The standard InChI is InChI=1S/C12H16BrN3O/c13-8-1-4-10(12(14)17)11(7-8)16-6-5-15-9-2-3-9/h1,4,7,9,15-16H,2-3,5-6H2,(H2,14,17). The maximum Gasteiger partial charge on any atom is 0.250 e. The van der Waals surface area contributed by atoms with E-state index in [1.807, 2.05) is 12.1 Å². The molecule has 5 heteroatoms. The van der Waals surface area contributed by atoms with Crippen molar-refractivity contribution >= 4 is 27.5 Å². The van der Waals surface area contributed by atoms with Crippen LogP contribution in [0.3, 0.4) is 0 Å². The van der Waals surface area contributed by atoms with Crippen molar-refractivity contribution in [3.8, 4) is 0 Å². The van der Waals surface area contributed by atoms with Crippen molar-refractivity contribution in [1.29, 1.82) is 0 Å². The van der Waals surface area contributed by atoms with Gasteiger partial charge in [0, 0.05) is 29.3 Å². The third kappa shape index (κ3) is 3.71. The van der Waals surface area contributed by atoms with Crippen LogP contribution in [0.25, 0.3) is 0 Å². The van der Waals surface area contributed by atoms with Gasteiger partial charge in [0.1, 0.15) is 0 Å². The molecular formula is C12H16BrN3O. The summed E-state index contributed by atoms with van der Waals surface area (Å²) in [6.07, 6.45) is 2.56. The van der Waals surface area contributed by atoms with Gasteiger partial charge < -0.3 is 16.4 Å². The van der Waals surface area contributed by atoms with Gasteiger partial charge in [0.15, 0.2) is 0 Å². The summed E-state index contributed by atoms with van der Waals surface area (Å²) in [6.45, 7) is 1.68. The van der Waals surface area contributed by atoms with Gasteiger partial charge in [-0.2, -0.15) is 0 Å². The third-order valence-electron chi connectivity index (χ3n) is 2.70. The highest BCUT2D eigenvalue weighted by molar-refractivity contribution is 9.10. The Morgan fingerprint density at radius 1 is 1.41 bits per heavy atom. The number of hydrogen-bond acceptors (Lipinski definition) is 3. The van der Waals surface area contributed by atoms with Crippen molar-refractivity contribution in [2.75, 3.05) is 18.4 Å². The third-order valence-corrected chi connectivity index (χ3v) is 3.19. The number of anilines is 1. The van der Waals surface area contributed by atoms with E-state index in [1.54, 1.807) is 6.07 Å². The normalized spacial score (nSPS) is 14.6. The Morgan fingerprint density at radius 3 is 2.82 bits per heavy atom. The van der Waals surface area contributed by atoms with Gasteiger partial charge in [-0.1, -0.05) is 15.9 Å². The van der Waals surface area contributed by atoms with Gasteiger partial charge in [-0.3, -0.25) is 4.79 Å². The molecule has 0 heterocycles. The first-order valence-corrected chi connectivity index (χ1v) is 6.53. The van der Waals surface area contributed by atoms with Gasteiger partial charge >= 0.3 is 0 Å².